The van der Waals surface area contributed by atoms with Crippen molar-refractivity contribution in [2.45, 2.75) is 66.0 Å². The van der Waals surface area contributed by atoms with Gasteiger partial charge in [0.25, 0.3) is 0 Å². The molecule has 1 amide bonds. The molecule has 1 aliphatic heterocycles. The third kappa shape index (κ3) is 4.07. The Morgan fingerprint density at radius 1 is 1.32 bits per heavy atom. The molecule has 2 heterocycles. The lowest BCUT2D eigenvalue weighted by Crippen LogP contribution is -2.45. The summed E-state index contributed by atoms with van der Waals surface area (Å²) in [4.78, 5) is 31.1. The zero-order chi connectivity index (χ0) is 22.6. The van der Waals surface area contributed by atoms with Crippen molar-refractivity contribution in [3.8, 4) is 0 Å². The number of rotatable bonds is 5. The predicted octanol–water partition coefficient (Wildman–Crippen LogP) is 4.71. The molecular weight excluding hydrogens is 397 g/mol. The number of carbonyl (C=O) groups is 2. The Balaban J connectivity index is 1.62. The first-order valence-corrected chi connectivity index (χ1v) is 11.1. The molecule has 4 rings (SSSR count). The van der Waals surface area contributed by atoms with Crippen molar-refractivity contribution in [2.24, 2.45) is 10.8 Å². The van der Waals surface area contributed by atoms with Gasteiger partial charge in [0.1, 0.15) is 11.5 Å². The Labute approximate surface area is 182 Å². The molecule has 0 radical (unpaired) electrons. The minimum atomic E-state index is -0.576. The first-order chi connectivity index (χ1) is 14.5. The maximum Gasteiger partial charge on any atom is 0.356 e. The van der Waals surface area contributed by atoms with Crippen LogP contribution in [0.3, 0.4) is 0 Å². The third-order valence-corrected chi connectivity index (χ3v) is 6.82. The van der Waals surface area contributed by atoms with Gasteiger partial charge in [-0.3, -0.25) is 9.69 Å². The van der Waals surface area contributed by atoms with Gasteiger partial charge >= 0.3 is 5.97 Å². The van der Waals surface area contributed by atoms with E-state index in [0.29, 0.717) is 16.9 Å². The van der Waals surface area contributed by atoms with E-state index in [9.17, 15) is 14.0 Å². The normalized spacial score (nSPS) is 26.1. The Kier molecular flexibility index (Phi) is 5.36. The molecule has 1 aliphatic carbocycles. The zero-order valence-electron chi connectivity index (χ0n) is 19.0. The Hall–Kier alpha value is -2.41. The summed E-state index contributed by atoms with van der Waals surface area (Å²) in [7, 11) is 0. The van der Waals surface area contributed by atoms with Gasteiger partial charge in [-0.15, -0.1) is 0 Å². The van der Waals surface area contributed by atoms with Gasteiger partial charge in [0.15, 0.2) is 0 Å². The number of H-pyrrole nitrogens is 1. The number of hydrogen-bond acceptors (Lipinski definition) is 4. The van der Waals surface area contributed by atoms with Crippen LogP contribution in [0.4, 0.5) is 10.1 Å². The van der Waals surface area contributed by atoms with Crippen LogP contribution < -0.4 is 5.32 Å². The number of hydrogen-bond donors (Lipinski definition) is 2. The standard InChI is InChI=1S/C24H32FN3O3/c1-6-31-22(30)20-19(17-9-15(25)7-8-18(17)26-20)27-21(29)14(2)28-13-24(5)11-16(28)10-23(3,4)12-24/h7-9,14,16,26H,6,10-13H2,1-5H3,(H,27,29)/t14-,16+,24-/m1/s1. The molecule has 1 aromatic heterocycles. The summed E-state index contributed by atoms with van der Waals surface area (Å²) in [5, 5.41) is 3.37. The Bertz CT molecular complexity index is 1030. The summed E-state index contributed by atoms with van der Waals surface area (Å²) in [5.41, 5.74) is 1.45. The number of carbonyl (C=O) groups excluding carboxylic acids is 2. The molecule has 168 valence electrons. The molecule has 2 fully saturated rings. The van der Waals surface area contributed by atoms with Gasteiger partial charge in [-0.25, -0.2) is 9.18 Å². The average molecular weight is 430 g/mol. The van der Waals surface area contributed by atoms with Crippen LogP contribution in [0.15, 0.2) is 18.2 Å². The van der Waals surface area contributed by atoms with E-state index in [1.807, 2.05) is 6.92 Å². The monoisotopic (exact) mass is 429 g/mol. The highest BCUT2D eigenvalue weighted by atomic mass is 19.1. The fourth-order valence-corrected chi connectivity index (χ4v) is 5.99. The van der Waals surface area contributed by atoms with Gasteiger partial charge in [-0.05, 0) is 62.1 Å². The molecule has 2 aromatic rings. The predicted molar refractivity (Wildman–Crippen MR) is 119 cm³/mol. The lowest BCUT2D eigenvalue weighted by molar-refractivity contribution is -0.121. The molecule has 2 aliphatic rings. The third-order valence-electron chi connectivity index (χ3n) is 6.82. The molecular formula is C24H32FN3O3. The van der Waals surface area contributed by atoms with E-state index in [1.165, 1.54) is 12.1 Å². The number of fused-ring (bicyclic) bond motifs is 3. The van der Waals surface area contributed by atoms with E-state index in [-0.39, 0.29) is 40.8 Å². The quantitative estimate of drug-likeness (QED) is 0.675. The van der Waals surface area contributed by atoms with Gasteiger partial charge < -0.3 is 15.0 Å². The lowest BCUT2D eigenvalue weighted by atomic mass is 9.65. The van der Waals surface area contributed by atoms with Crippen molar-refractivity contribution in [1.29, 1.82) is 0 Å². The summed E-state index contributed by atoms with van der Waals surface area (Å²) < 4.78 is 19.1. The SMILES string of the molecule is CCOC(=O)c1[nH]c2ccc(F)cc2c1NC(=O)[C@@H](C)N1C[C@]2(C)C[C@@H]1CC(C)(C)C2. The van der Waals surface area contributed by atoms with Gasteiger partial charge in [0.2, 0.25) is 5.91 Å². The summed E-state index contributed by atoms with van der Waals surface area (Å²) >= 11 is 0. The molecule has 3 atom stereocenters. The second-order valence-corrected chi connectivity index (χ2v) is 10.3. The van der Waals surface area contributed by atoms with Crippen LogP contribution in [-0.2, 0) is 9.53 Å². The van der Waals surface area contributed by atoms with Gasteiger partial charge in [-0.1, -0.05) is 20.8 Å². The minimum absolute atomic E-state index is 0.135. The fraction of sp³-hybridized carbons (Fsp3) is 0.583. The first kappa shape index (κ1) is 21.8. The number of esters is 1. The van der Waals surface area contributed by atoms with Crippen LogP contribution in [0.5, 0.6) is 0 Å². The number of likely N-dealkylation sites (tertiary alicyclic amines) is 1. The van der Waals surface area contributed by atoms with Crippen LogP contribution in [0.25, 0.3) is 10.9 Å². The maximum absolute atomic E-state index is 13.9. The highest BCUT2D eigenvalue weighted by molar-refractivity contribution is 6.11. The van der Waals surface area contributed by atoms with Crippen molar-refractivity contribution < 1.29 is 18.7 Å². The number of aromatic amines is 1. The van der Waals surface area contributed by atoms with Crippen LogP contribution in [-0.4, -0.2) is 47.0 Å². The highest BCUT2D eigenvalue weighted by Gasteiger charge is 2.51. The fourth-order valence-electron chi connectivity index (χ4n) is 5.99. The number of nitrogens with zero attached hydrogens (tertiary/aromatic N) is 1. The van der Waals surface area contributed by atoms with Crippen LogP contribution in [0, 0.1) is 16.6 Å². The topological polar surface area (TPSA) is 74.4 Å². The molecule has 1 saturated carbocycles. The molecule has 0 unspecified atom stereocenters. The van der Waals surface area contributed by atoms with Crippen molar-refractivity contribution in [1.82, 2.24) is 9.88 Å². The second kappa shape index (κ2) is 7.62. The smallest absolute Gasteiger partial charge is 0.356 e. The maximum atomic E-state index is 13.9. The number of aromatic nitrogens is 1. The Morgan fingerprint density at radius 2 is 2.06 bits per heavy atom. The van der Waals surface area contributed by atoms with Crippen molar-refractivity contribution in [2.75, 3.05) is 18.5 Å². The van der Waals surface area contributed by atoms with Crippen LogP contribution in [0.2, 0.25) is 0 Å². The summed E-state index contributed by atoms with van der Waals surface area (Å²) in [6.45, 7) is 11.6. The van der Waals surface area contributed by atoms with Crippen molar-refractivity contribution in [3.63, 3.8) is 0 Å². The summed E-state index contributed by atoms with van der Waals surface area (Å²) in [5.74, 6) is -1.22. The molecule has 6 nitrogen and oxygen atoms in total. The Morgan fingerprint density at radius 3 is 2.77 bits per heavy atom. The molecule has 1 saturated heterocycles. The number of nitrogens with one attached hydrogen (secondary N) is 2. The molecule has 2 bridgehead atoms. The zero-order valence-corrected chi connectivity index (χ0v) is 19.0. The van der Waals surface area contributed by atoms with Gasteiger partial charge in [0, 0.05) is 23.5 Å². The number of halogens is 1. The lowest BCUT2D eigenvalue weighted by Gasteiger charge is -2.40. The second-order valence-electron chi connectivity index (χ2n) is 10.3. The first-order valence-electron chi connectivity index (χ1n) is 11.1. The van der Waals surface area contributed by atoms with Crippen LogP contribution in [0.1, 0.15) is 64.4 Å². The van der Waals surface area contributed by atoms with Crippen LogP contribution >= 0.6 is 0 Å². The van der Waals surface area contributed by atoms with E-state index in [1.54, 1.807) is 13.0 Å². The molecule has 31 heavy (non-hydrogen) atoms. The van der Waals surface area contributed by atoms with E-state index in [0.717, 1.165) is 25.8 Å². The van der Waals surface area contributed by atoms with Crippen molar-refractivity contribution >= 4 is 28.5 Å². The molecule has 0 spiro atoms. The van der Waals surface area contributed by atoms with Gasteiger partial charge in [-0.2, -0.15) is 0 Å². The summed E-state index contributed by atoms with van der Waals surface area (Å²) in [6, 6.07) is 4.18. The van der Waals surface area contributed by atoms with E-state index < -0.39 is 11.8 Å². The highest BCUT2D eigenvalue weighted by Crippen LogP contribution is 2.53. The summed E-state index contributed by atoms with van der Waals surface area (Å²) in [6.07, 6.45) is 3.31. The van der Waals surface area contributed by atoms with Crippen molar-refractivity contribution in [3.05, 3.63) is 29.7 Å². The molecule has 7 heteroatoms. The number of amides is 1. The largest absolute Gasteiger partial charge is 0.461 e. The minimum Gasteiger partial charge on any atom is -0.461 e. The van der Waals surface area contributed by atoms with E-state index >= 15 is 0 Å². The number of ether oxygens (including phenoxy) is 1. The van der Waals surface area contributed by atoms with E-state index in [4.69, 9.17) is 4.74 Å². The molecule has 2 N–H and O–H groups in total. The molecule has 1 aromatic carbocycles. The number of benzene rings is 1. The van der Waals surface area contributed by atoms with E-state index in [2.05, 4.69) is 36.0 Å². The average Bonchev–Trinajstić information content (AvgIpc) is 3.14. The van der Waals surface area contributed by atoms with Gasteiger partial charge in [0.05, 0.1) is 18.3 Å². The number of anilines is 1.